The average molecular weight is 358 g/mol. The minimum absolute atomic E-state index is 0.0799. The van der Waals surface area contributed by atoms with E-state index in [-0.39, 0.29) is 17.4 Å². The van der Waals surface area contributed by atoms with E-state index in [4.69, 9.17) is 11.6 Å². The number of hydrogen-bond donors (Lipinski definition) is 1. The van der Waals surface area contributed by atoms with Gasteiger partial charge in [-0.25, -0.2) is 0 Å². The maximum absolute atomic E-state index is 10.1. The smallest absolute Gasteiger partial charge is 0.0528 e. The molecule has 0 atom stereocenters. The number of benzene rings is 2. The molecule has 134 valence electrons. The molecule has 0 aliphatic carbocycles. The summed E-state index contributed by atoms with van der Waals surface area (Å²) in [4.78, 5) is 2.53. The van der Waals surface area contributed by atoms with Gasteiger partial charge in [0, 0.05) is 22.4 Å². The molecule has 0 amide bonds. The molecule has 1 aliphatic rings. The van der Waals surface area contributed by atoms with Gasteiger partial charge in [0.15, 0.2) is 0 Å². The van der Waals surface area contributed by atoms with Crippen LogP contribution in [0.2, 0.25) is 5.02 Å². The van der Waals surface area contributed by atoms with Crippen molar-refractivity contribution in [3.63, 3.8) is 0 Å². The summed E-state index contributed by atoms with van der Waals surface area (Å²) >= 11 is 6.03. The lowest BCUT2D eigenvalue weighted by Crippen LogP contribution is -2.48. The van der Waals surface area contributed by atoms with Gasteiger partial charge in [0.1, 0.15) is 0 Å². The van der Waals surface area contributed by atoms with Crippen molar-refractivity contribution in [3.05, 3.63) is 70.7 Å². The fraction of sp³-hybridized carbons (Fsp3) is 0.455. The highest BCUT2D eigenvalue weighted by atomic mass is 35.5. The van der Waals surface area contributed by atoms with Gasteiger partial charge in [0.05, 0.1) is 6.61 Å². The SMILES string of the molecule is CC(C)(CN1CCC(CO)(c2ccccc2)CC1)c1ccc(Cl)cc1. The van der Waals surface area contributed by atoms with Crippen molar-refractivity contribution in [2.45, 2.75) is 37.5 Å². The van der Waals surface area contributed by atoms with Crippen molar-refractivity contribution in [1.82, 2.24) is 4.90 Å². The Kier molecular flexibility index (Phi) is 5.52. The molecule has 0 aromatic heterocycles. The molecular formula is C22H28ClNO. The normalized spacial score (nSPS) is 18.2. The summed E-state index contributed by atoms with van der Waals surface area (Å²) in [5, 5.41) is 10.9. The Labute approximate surface area is 156 Å². The van der Waals surface area contributed by atoms with E-state index in [1.54, 1.807) is 0 Å². The lowest BCUT2D eigenvalue weighted by atomic mass is 9.73. The summed E-state index contributed by atoms with van der Waals surface area (Å²) in [5.41, 5.74) is 2.59. The van der Waals surface area contributed by atoms with Crippen LogP contribution in [0.5, 0.6) is 0 Å². The number of likely N-dealkylation sites (tertiary alicyclic amines) is 1. The molecule has 1 fully saturated rings. The zero-order chi connectivity index (χ0) is 17.9. The molecule has 1 aliphatic heterocycles. The molecule has 2 aromatic carbocycles. The number of rotatable bonds is 5. The molecule has 0 unspecified atom stereocenters. The van der Waals surface area contributed by atoms with Crippen molar-refractivity contribution in [3.8, 4) is 0 Å². The first-order valence-corrected chi connectivity index (χ1v) is 9.48. The highest BCUT2D eigenvalue weighted by molar-refractivity contribution is 6.30. The number of halogens is 1. The molecule has 1 N–H and O–H groups in total. The van der Waals surface area contributed by atoms with Gasteiger partial charge in [-0.15, -0.1) is 0 Å². The van der Waals surface area contributed by atoms with E-state index in [9.17, 15) is 5.11 Å². The van der Waals surface area contributed by atoms with Gasteiger partial charge in [-0.1, -0.05) is 67.9 Å². The van der Waals surface area contributed by atoms with Crippen LogP contribution in [0.4, 0.5) is 0 Å². The van der Waals surface area contributed by atoms with Gasteiger partial charge in [-0.2, -0.15) is 0 Å². The topological polar surface area (TPSA) is 23.5 Å². The third-order valence-electron chi connectivity index (χ3n) is 5.75. The largest absolute Gasteiger partial charge is 0.395 e. The minimum Gasteiger partial charge on any atom is -0.395 e. The molecule has 0 radical (unpaired) electrons. The van der Waals surface area contributed by atoms with E-state index in [0.717, 1.165) is 37.5 Å². The Morgan fingerprint density at radius 1 is 1.00 bits per heavy atom. The number of piperidine rings is 1. The van der Waals surface area contributed by atoms with Crippen LogP contribution in [0.15, 0.2) is 54.6 Å². The first kappa shape index (κ1) is 18.4. The number of hydrogen-bond acceptors (Lipinski definition) is 2. The summed E-state index contributed by atoms with van der Waals surface area (Å²) in [7, 11) is 0. The van der Waals surface area contributed by atoms with Crippen LogP contribution in [0.25, 0.3) is 0 Å². The zero-order valence-corrected chi connectivity index (χ0v) is 16.0. The lowest BCUT2D eigenvalue weighted by molar-refractivity contribution is 0.0902. The van der Waals surface area contributed by atoms with Gasteiger partial charge in [-0.3, -0.25) is 0 Å². The first-order valence-electron chi connectivity index (χ1n) is 9.10. The van der Waals surface area contributed by atoms with E-state index >= 15 is 0 Å². The van der Waals surface area contributed by atoms with Crippen LogP contribution in [-0.2, 0) is 10.8 Å². The van der Waals surface area contributed by atoms with Crippen LogP contribution in [0.1, 0.15) is 37.8 Å². The number of aliphatic hydroxyl groups is 1. The number of aliphatic hydroxyl groups excluding tert-OH is 1. The van der Waals surface area contributed by atoms with Gasteiger partial charge in [-0.05, 0) is 49.2 Å². The Morgan fingerprint density at radius 3 is 2.16 bits per heavy atom. The van der Waals surface area contributed by atoms with Crippen LogP contribution >= 0.6 is 11.6 Å². The Morgan fingerprint density at radius 2 is 1.60 bits per heavy atom. The van der Waals surface area contributed by atoms with E-state index < -0.39 is 0 Å². The second-order valence-electron chi connectivity index (χ2n) is 7.97. The Hall–Kier alpha value is -1.35. The second-order valence-corrected chi connectivity index (χ2v) is 8.41. The third-order valence-corrected chi connectivity index (χ3v) is 6.00. The first-order chi connectivity index (χ1) is 12.0. The molecule has 25 heavy (non-hydrogen) atoms. The molecule has 2 nitrogen and oxygen atoms in total. The maximum Gasteiger partial charge on any atom is 0.0528 e. The number of nitrogens with zero attached hydrogens (tertiary/aromatic N) is 1. The van der Waals surface area contributed by atoms with E-state index in [1.165, 1.54) is 11.1 Å². The van der Waals surface area contributed by atoms with Crippen LogP contribution < -0.4 is 0 Å². The summed E-state index contributed by atoms with van der Waals surface area (Å²) < 4.78 is 0. The fourth-order valence-corrected chi connectivity index (χ4v) is 4.15. The van der Waals surface area contributed by atoms with Crippen molar-refractivity contribution >= 4 is 11.6 Å². The fourth-order valence-electron chi connectivity index (χ4n) is 4.02. The molecule has 0 saturated carbocycles. The van der Waals surface area contributed by atoms with E-state index in [2.05, 4.69) is 55.1 Å². The van der Waals surface area contributed by atoms with Crippen molar-refractivity contribution in [2.24, 2.45) is 0 Å². The standard InChI is InChI=1S/C22H28ClNO/c1-21(2,18-8-10-20(23)11-9-18)16-24-14-12-22(17-25,13-15-24)19-6-4-3-5-7-19/h3-11,25H,12-17H2,1-2H3. The molecule has 0 spiro atoms. The third kappa shape index (κ3) is 4.08. The van der Waals surface area contributed by atoms with Crippen molar-refractivity contribution < 1.29 is 5.11 Å². The Bertz CT molecular complexity index is 673. The van der Waals surface area contributed by atoms with Gasteiger partial charge >= 0.3 is 0 Å². The Balaban J connectivity index is 1.66. The van der Waals surface area contributed by atoms with Gasteiger partial charge < -0.3 is 10.0 Å². The maximum atomic E-state index is 10.1. The summed E-state index contributed by atoms with van der Waals surface area (Å²) in [6.45, 7) is 7.87. The zero-order valence-electron chi connectivity index (χ0n) is 15.2. The second kappa shape index (κ2) is 7.49. The minimum atomic E-state index is -0.0812. The molecule has 1 heterocycles. The molecule has 3 heteroatoms. The highest BCUT2D eigenvalue weighted by Crippen LogP contribution is 2.36. The molecular weight excluding hydrogens is 330 g/mol. The van der Waals surface area contributed by atoms with Gasteiger partial charge in [0.25, 0.3) is 0 Å². The predicted octanol–water partition coefficient (Wildman–Crippen LogP) is 4.64. The lowest BCUT2D eigenvalue weighted by Gasteiger charge is -2.43. The summed E-state index contributed by atoms with van der Waals surface area (Å²) in [6, 6.07) is 18.7. The molecule has 1 saturated heterocycles. The summed E-state index contributed by atoms with van der Waals surface area (Å²) in [5.74, 6) is 0. The highest BCUT2D eigenvalue weighted by Gasteiger charge is 2.37. The predicted molar refractivity (Wildman–Crippen MR) is 105 cm³/mol. The van der Waals surface area contributed by atoms with Crippen LogP contribution in [-0.4, -0.2) is 36.2 Å². The van der Waals surface area contributed by atoms with Gasteiger partial charge in [0.2, 0.25) is 0 Å². The van der Waals surface area contributed by atoms with Crippen molar-refractivity contribution in [2.75, 3.05) is 26.2 Å². The average Bonchev–Trinajstić information content (AvgIpc) is 2.63. The van der Waals surface area contributed by atoms with Crippen LogP contribution in [0.3, 0.4) is 0 Å². The molecule has 2 aromatic rings. The monoisotopic (exact) mass is 357 g/mol. The van der Waals surface area contributed by atoms with E-state index in [1.807, 2.05) is 18.2 Å². The van der Waals surface area contributed by atoms with Crippen LogP contribution in [0, 0.1) is 0 Å². The summed E-state index contributed by atoms with van der Waals surface area (Å²) in [6.07, 6.45) is 2.01. The molecule has 3 rings (SSSR count). The quantitative estimate of drug-likeness (QED) is 0.842. The molecule has 0 bridgehead atoms. The van der Waals surface area contributed by atoms with Crippen molar-refractivity contribution in [1.29, 1.82) is 0 Å². The van der Waals surface area contributed by atoms with E-state index in [0.29, 0.717) is 0 Å².